The van der Waals surface area contributed by atoms with Gasteiger partial charge in [-0.15, -0.1) is 0 Å². The van der Waals surface area contributed by atoms with Crippen LogP contribution in [0.1, 0.15) is 61.3 Å². The molecule has 1 aliphatic carbocycles. The van der Waals surface area contributed by atoms with Crippen LogP contribution >= 0.6 is 0 Å². The Labute approximate surface area is 199 Å². The SMILES string of the molecule is CNC(=O)C(NC(=O)c1ccc(-c2ccc(OC(C)c3ccncc3)cn2)o1)C1CCCCC1. The maximum Gasteiger partial charge on any atom is 0.287 e. The summed E-state index contributed by atoms with van der Waals surface area (Å²) in [5.41, 5.74) is 1.60. The molecule has 1 aliphatic rings. The summed E-state index contributed by atoms with van der Waals surface area (Å²) in [6.45, 7) is 1.96. The third-order valence-electron chi connectivity index (χ3n) is 6.24. The Balaban J connectivity index is 1.41. The van der Waals surface area contributed by atoms with Gasteiger partial charge in [-0.1, -0.05) is 19.3 Å². The lowest BCUT2D eigenvalue weighted by atomic mass is 9.83. The van der Waals surface area contributed by atoms with Gasteiger partial charge in [-0.2, -0.15) is 0 Å². The van der Waals surface area contributed by atoms with Crippen LogP contribution in [0.5, 0.6) is 5.75 Å². The van der Waals surface area contributed by atoms with Crippen molar-refractivity contribution in [1.82, 2.24) is 20.6 Å². The van der Waals surface area contributed by atoms with Crippen molar-refractivity contribution in [2.24, 2.45) is 5.92 Å². The van der Waals surface area contributed by atoms with E-state index in [2.05, 4.69) is 20.6 Å². The number of carbonyl (C=O) groups is 2. The molecule has 178 valence electrons. The van der Waals surface area contributed by atoms with Gasteiger partial charge >= 0.3 is 0 Å². The molecule has 2 atom stereocenters. The molecule has 4 rings (SSSR count). The zero-order chi connectivity index (χ0) is 23.9. The van der Waals surface area contributed by atoms with Crippen molar-refractivity contribution in [3.05, 3.63) is 66.3 Å². The van der Waals surface area contributed by atoms with E-state index in [1.165, 1.54) is 6.42 Å². The summed E-state index contributed by atoms with van der Waals surface area (Å²) in [7, 11) is 1.59. The number of pyridine rings is 2. The van der Waals surface area contributed by atoms with Crippen molar-refractivity contribution in [3.8, 4) is 17.2 Å². The van der Waals surface area contributed by atoms with E-state index in [0.717, 1.165) is 31.2 Å². The van der Waals surface area contributed by atoms with Crippen LogP contribution in [0.4, 0.5) is 0 Å². The number of rotatable bonds is 8. The molecule has 1 saturated carbocycles. The molecule has 0 radical (unpaired) electrons. The zero-order valence-corrected chi connectivity index (χ0v) is 19.5. The number of aromatic nitrogens is 2. The van der Waals surface area contributed by atoms with Gasteiger partial charge in [0.25, 0.3) is 5.91 Å². The van der Waals surface area contributed by atoms with Crippen molar-refractivity contribution in [1.29, 1.82) is 0 Å². The number of amides is 2. The highest BCUT2D eigenvalue weighted by Gasteiger charge is 2.31. The zero-order valence-electron chi connectivity index (χ0n) is 19.5. The third kappa shape index (κ3) is 5.62. The smallest absolute Gasteiger partial charge is 0.287 e. The van der Waals surface area contributed by atoms with E-state index in [-0.39, 0.29) is 23.7 Å². The van der Waals surface area contributed by atoms with Gasteiger partial charge in [-0.3, -0.25) is 14.6 Å². The molecule has 0 aromatic carbocycles. The summed E-state index contributed by atoms with van der Waals surface area (Å²) in [6.07, 6.45) is 10.1. The van der Waals surface area contributed by atoms with Crippen LogP contribution in [-0.2, 0) is 4.79 Å². The van der Waals surface area contributed by atoms with Crippen molar-refractivity contribution in [2.45, 2.75) is 51.2 Å². The minimum atomic E-state index is -0.566. The summed E-state index contributed by atoms with van der Waals surface area (Å²) in [5, 5.41) is 5.55. The van der Waals surface area contributed by atoms with Gasteiger partial charge in [0.2, 0.25) is 5.91 Å². The number of hydrogen-bond acceptors (Lipinski definition) is 6. The van der Waals surface area contributed by atoms with Gasteiger partial charge in [0.1, 0.15) is 23.6 Å². The minimum Gasteiger partial charge on any atom is -0.484 e. The first-order valence-electron chi connectivity index (χ1n) is 11.7. The molecule has 2 unspecified atom stereocenters. The van der Waals surface area contributed by atoms with Gasteiger partial charge in [0.05, 0.1) is 6.20 Å². The average Bonchev–Trinajstić information content (AvgIpc) is 3.39. The van der Waals surface area contributed by atoms with Gasteiger partial charge < -0.3 is 19.8 Å². The van der Waals surface area contributed by atoms with Crippen molar-refractivity contribution >= 4 is 11.8 Å². The molecular formula is C26H30N4O4. The fourth-order valence-electron chi connectivity index (χ4n) is 4.33. The van der Waals surface area contributed by atoms with E-state index in [4.69, 9.17) is 9.15 Å². The maximum atomic E-state index is 12.8. The summed E-state index contributed by atoms with van der Waals surface area (Å²) in [5.74, 6) is 0.789. The number of carbonyl (C=O) groups excluding carboxylic acids is 2. The predicted molar refractivity (Wildman–Crippen MR) is 127 cm³/mol. The monoisotopic (exact) mass is 462 g/mol. The highest BCUT2D eigenvalue weighted by atomic mass is 16.5. The Morgan fingerprint density at radius 2 is 1.82 bits per heavy atom. The fourth-order valence-corrected chi connectivity index (χ4v) is 4.33. The summed E-state index contributed by atoms with van der Waals surface area (Å²) < 4.78 is 11.7. The van der Waals surface area contributed by atoms with Crippen LogP contribution in [0, 0.1) is 5.92 Å². The second kappa shape index (κ2) is 11.0. The summed E-state index contributed by atoms with van der Waals surface area (Å²) >= 11 is 0. The topological polar surface area (TPSA) is 106 Å². The van der Waals surface area contributed by atoms with Gasteiger partial charge in [0, 0.05) is 19.4 Å². The second-order valence-electron chi connectivity index (χ2n) is 8.55. The van der Waals surface area contributed by atoms with Gasteiger partial charge in [0.15, 0.2) is 11.5 Å². The Morgan fingerprint density at radius 3 is 2.50 bits per heavy atom. The first-order valence-corrected chi connectivity index (χ1v) is 11.7. The molecule has 0 saturated heterocycles. The fraction of sp³-hybridized carbons (Fsp3) is 0.385. The quantitative estimate of drug-likeness (QED) is 0.517. The largest absolute Gasteiger partial charge is 0.484 e. The predicted octanol–water partition coefficient (Wildman–Crippen LogP) is 4.30. The van der Waals surface area contributed by atoms with Gasteiger partial charge in [-0.25, -0.2) is 4.98 Å². The highest BCUT2D eigenvalue weighted by molar-refractivity contribution is 5.96. The maximum absolute atomic E-state index is 12.8. The number of furan rings is 1. The number of nitrogens with one attached hydrogen (secondary N) is 2. The van der Waals surface area contributed by atoms with Crippen molar-refractivity contribution < 1.29 is 18.7 Å². The molecular weight excluding hydrogens is 432 g/mol. The molecule has 2 amide bonds. The average molecular weight is 463 g/mol. The third-order valence-corrected chi connectivity index (χ3v) is 6.24. The molecule has 0 bridgehead atoms. The van der Waals surface area contributed by atoms with Crippen LogP contribution in [0.15, 0.2) is 59.4 Å². The molecule has 0 aliphatic heterocycles. The van der Waals surface area contributed by atoms with E-state index in [1.54, 1.807) is 43.8 Å². The molecule has 1 fully saturated rings. The minimum absolute atomic E-state index is 0.135. The van der Waals surface area contributed by atoms with Crippen LogP contribution in [0.25, 0.3) is 11.5 Å². The summed E-state index contributed by atoms with van der Waals surface area (Å²) in [6, 6.07) is 10.1. The lowest BCUT2D eigenvalue weighted by molar-refractivity contribution is -0.124. The Morgan fingerprint density at radius 1 is 1.06 bits per heavy atom. The van der Waals surface area contributed by atoms with Crippen molar-refractivity contribution in [2.75, 3.05) is 7.05 Å². The van der Waals surface area contributed by atoms with E-state index in [9.17, 15) is 9.59 Å². The lowest BCUT2D eigenvalue weighted by Gasteiger charge is -2.29. The molecule has 34 heavy (non-hydrogen) atoms. The van der Waals surface area contributed by atoms with Crippen LogP contribution in [0.2, 0.25) is 0 Å². The van der Waals surface area contributed by atoms with Crippen molar-refractivity contribution in [3.63, 3.8) is 0 Å². The first kappa shape index (κ1) is 23.5. The van der Waals surface area contributed by atoms with Crippen LogP contribution in [0.3, 0.4) is 0 Å². The lowest BCUT2D eigenvalue weighted by Crippen LogP contribution is -2.50. The Kier molecular flexibility index (Phi) is 7.57. The number of hydrogen-bond donors (Lipinski definition) is 2. The van der Waals surface area contributed by atoms with Gasteiger partial charge in [-0.05, 0) is 67.6 Å². The Bertz CT molecular complexity index is 1090. The summed E-state index contributed by atoms with van der Waals surface area (Å²) in [4.78, 5) is 33.7. The molecule has 8 nitrogen and oxygen atoms in total. The normalized spacial score (nSPS) is 15.8. The molecule has 8 heteroatoms. The van der Waals surface area contributed by atoms with Crippen LogP contribution < -0.4 is 15.4 Å². The molecule has 3 aromatic heterocycles. The van der Waals surface area contributed by atoms with E-state index >= 15 is 0 Å². The Hall–Kier alpha value is -3.68. The second-order valence-corrected chi connectivity index (χ2v) is 8.55. The highest BCUT2D eigenvalue weighted by Crippen LogP contribution is 2.28. The van der Waals surface area contributed by atoms with E-state index in [1.807, 2.05) is 25.1 Å². The first-order chi connectivity index (χ1) is 16.5. The number of nitrogens with zero attached hydrogens (tertiary/aromatic N) is 2. The molecule has 2 N–H and O–H groups in total. The number of likely N-dealkylation sites (N-methyl/N-ethyl adjacent to an activating group) is 1. The molecule has 3 heterocycles. The molecule has 3 aromatic rings. The number of ether oxygens (including phenoxy) is 1. The van der Waals surface area contributed by atoms with Crippen LogP contribution in [-0.4, -0.2) is 34.9 Å². The van der Waals surface area contributed by atoms with E-state index in [0.29, 0.717) is 17.2 Å². The molecule has 0 spiro atoms. The standard InChI is InChI=1S/C26H30N4O4/c1-17(18-12-14-28-15-13-18)33-20-8-9-21(29-16-20)22-10-11-23(34-22)25(31)30-24(26(32)27-2)19-6-4-3-5-7-19/h8-17,19,24H,3-7H2,1-2H3,(H,27,32)(H,30,31). The van der Waals surface area contributed by atoms with E-state index < -0.39 is 11.9 Å².